The highest BCUT2D eigenvalue weighted by Gasteiger charge is 2.09. The first-order chi connectivity index (χ1) is 10.3. The lowest BCUT2D eigenvalue weighted by atomic mass is 10.1. The van der Waals surface area contributed by atoms with E-state index in [0.29, 0.717) is 15.8 Å². The van der Waals surface area contributed by atoms with Gasteiger partial charge in [-0.1, -0.05) is 40.9 Å². The molecule has 2 aromatic rings. The van der Waals surface area contributed by atoms with Crippen molar-refractivity contribution in [2.75, 3.05) is 11.9 Å². The van der Waals surface area contributed by atoms with Gasteiger partial charge in [0.2, 0.25) is 0 Å². The summed E-state index contributed by atoms with van der Waals surface area (Å²) in [5.74, 6) is 0.233. The molecule has 0 atom stereocenters. The molecule has 1 N–H and O–H groups in total. The van der Waals surface area contributed by atoms with Crippen LogP contribution in [0.5, 0.6) is 5.75 Å². The Morgan fingerprint density at radius 3 is 2.09 bits per heavy atom. The van der Waals surface area contributed by atoms with Crippen molar-refractivity contribution < 1.29 is 9.53 Å². The van der Waals surface area contributed by atoms with Gasteiger partial charge < -0.3 is 10.1 Å². The van der Waals surface area contributed by atoms with Gasteiger partial charge >= 0.3 is 0 Å². The lowest BCUT2D eigenvalue weighted by Crippen LogP contribution is -2.21. The molecule has 2 aromatic carbocycles. The number of carbonyl (C=O) groups excluding carboxylic acids is 1. The molecule has 0 aliphatic carbocycles. The van der Waals surface area contributed by atoms with Crippen molar-refractivity contribution in [3.8, 4) is 5.75 Å². The smallest absolute Gasteiger partial charge is 0.262 e. The summed E-state index contributed by atoms with van der Waals surface area (Å²) in [4.78, 5) is 12.0. The number of carbonyl (C=O) groups is 1. The summed E-state index contributed by atoms with van der Waals surface area (Å²) in [6.45, 7) is 5.85. The molecular formula is C17H17Cl2NO2. The molecule has 0 heterocycles. The molecule has 0 aromatic heterocycles. The molecule has 0 unspecified atom stereocenters. The van der Waals surface area contributed by atoms with Crippen molar-refractivity contribution in [1.82, 2.24) is 0 Å². The zero-order valence-electron chi connectivity index (χ0n) is 12.7. The maximum absolute atomic E-state index is 12.0. The van der Waals surface area contributed by atoms with Gasteiger partial charge in [0.25, 0.3) is 5.91 Å². The number of hydrogen-bond acceptors (Lipinski definition) is 2. The van der Waals surface area contributed by atoms with Gasteiger partial charge in [-0.3, -0.25) is 4.79 Å². The number of rotatable bonds is 4. The first kappa shape index (κ1) is 16.7. The molecule has 5 heteroatoms. The van der Waals surface area contributed by atoms with Crippen LogP contribution >= 0.6 is 23.2 Å². The van der Waals surface area contributed by atoms with Crippen LogP contribution in [0.3, 0.4) is 0 Å². The van der Waals surface area contributed by atoms with Crippen LogP contribution in [-0.4, -0.2) is 12.5 Å². The predicted octanol–water partition coefficient (Wildman–Crippen LogP) is 4.94. The number of nitrogens with one attached hydrogen (secondary N) is 1. The Kier molecular flexibility index (Phi) is 5.33. The van der Waals surface area contributed by atoms with E-state index >= 15 is 0 Å². The standard InChI is InChI=1S/C17H17Cl2NO2/c1-10-4-11(2)17(12(3)5-10)20-16(21)9-22-15-7-13(18)6-14(19)8-15/h4-8H,9H2,1-3H3,(H,20,21). The van der Waals surface area contributed by atoms with Crippen molar-refractivity contribution in [3.05, 3.63) is 57.1 Å². The second-order valence-corrected chi connectivity index (χ2v) is 6.09. The van der Waals surface area contributed by atoms with E-state index < -0.39 is 0 Å². The third-order valence-electron chi connectivity index (χ3n) is 3.15. The molecule has 0 aliphatic rings. The SMILES string of the molecule is Cc1cc(C)c(NC(=O)COc2cc(Cl)cc(Cl)c2)c(C)c1. The molecule has 0 spiro atoms. The molecule has 22 heavy (non-hydrogen) atoms. The third-order valence-corrected chi connectivity index (χ3v) is 3.58. The van der Waals surface area contributed by atoms with E-state index in [2.05, 4.69) is 5.32 Å². The number of amides is 1. The highest BCUT2D eigenvalue weighted by molar-refractivity contribution is 6.34. The Balaban J connectivity index is 2.02. The van der Waals surface area contributed by atoms with Gasteiger partial charge in [0.1, 0.15) is 5.75 Å². The van der Waals surface area contributed by atoms with Gasteiger partial charge in [0, 0.05) is 15.7 Å². The van der Waals surface area contributed by atoms with Crippen LogP contribution in [0.2, 0.25) is 10.0 Å². The molecular weight excluding hydrogens is 321 g/mol. The van der Waals surface area contributed by atoms with E-state index in [1.165, 1.54) is 0 Å². The monoisotopic (exact) mass is 337 g/mol. The lowest BCUT2D eigenvalue weighted by molar-refractivity contribution is -0.118. The minimum absolute atomic E-state index is 0.108. The fourth-order valence-electron chi connectivity index (χ4n) is 2.31. The zero-order valence-corrected chi connectivity index (χ0v) is 14.2. The molecule has 0 bridgehead atoms. The zero-order chi connectivity index (χ0) is 16.3. The van der Waals surface area contributed by atoms with Crippen molar-refractivity contribution in [1.29, 1.82) is 0 Å². The maximum Gasteiger partial charge on any atom is 0.262 e. The van der Waals surface area contributed by atoms with Crippen molar-refractivity contribution >= 4 is 34.8 Å². The maximum atomic E-state index is 12.0. The molecule has 116 valence electrons. The number of anilines is 1. The Morgan fingerprint density at radius 1 is 1.00 bits per heavy atom. The van der Waals surface area contributed by atoms with Crippen LogP contribution in [0.4, 0.5) is 5.69 Å². The summed E-state index contributed by atoms with van der Waals surface area (Å²) in [6.07, 6.45) is 0. The Labute approximate surface area is 140 Å². The van der Waals surface area contributed by atoms with Crippen molar-refractivity contribution in [3.63, 3.8) is 0 Å². The normalized spacial score (nSPS) is 10.4. The molecule has 1 amide bonds. The largest absolute Gasteiger partial charge is 0.484 e. The Hall–Kier alpha value is -1.71. The first-order valence-electron chi connectivity index (χ1n) is 6.82. The first-order valence-corrected chi connectivity index (χ1v) is 7.57. The third kappa shape index (κ3) is 4.39. The van der Waals surface area contributed by atoms with Gasteiger partial charge in [-0.2, -0.15) is 0 Å². The second-order valence-electron chi connectivity index (χ2n) is 5.22. The van der Waals surface area contributed by atoms with Gasteiger partial charge in [-0.15, -0.1) is 0 Å². The second kappa shape index (κ2) is 7.03. The van der Waals surface area contributed by atoms with Crippen LogP contribution in [0, 0.1) is 20.8 Å². The van der Waals surface area contributed by atoms with E-state index in [0.717, 1.165) is 22.4 Å². The number of hydrogen-bond donors (Lipinski definition) is 1. The van der Waals surface area contributed by atoms with E-state index in [9.17, 15) is 4.79 Å². The number of benzene rings is 2. The highest BCUT2D eigenvalue weighted by atomic mass is 35.5. The number of aryl methyl sites for hydroxylation is 3. The number of halogens is 2. The Bertz CT molecular complexity index is 671. The van der Waals surface area contributed by atoms with Crippen LogP contribution in [0.1, 0.15) is 16.7 Å². The molecule has 0 saturated heterocycles. The van der Waals surface area contributed by atoms with Gasteiger partial charge in [0.15, 0.2) is 6.61 Å². The van der Waals surface area contributed by atoms with Gasteiger partial charge in [-0.05, 0) is 50.1 Å². The quantitative estimate of drug-likeness (QED) is 0.858. The summed E-state index contributed by atoms with van der Waals surface area (Å²) in [6, 6.07) is 8.89. The predicted molar refractivity (Wildman–Crippen MR) is 91.2 cm³/mol. The Morgan fingerprint density at radius 2 is 1.55 bits per heavy atom. The average molecular weight is 338 g/mol. The van der Waals surface area contributed by atoms with Gasteiger partial charge in [-0.25, -0.2) is 0 Å². The van der Waals surface area contributed by atoms with E-state index in [4.69, 9.17) is 27.9 Å². The van der Waals surface area contributed by atoms with Crippen molar-refractivity contribution in [2.24, 2.45) is 0 Å². The van der Waals surface area contributed by atoms with Crippen LogP contribution in [0.25, 0.3) is 0 Å². The summed E-state index contributed by atoms with van der Waals surface area (Å²) in [5, 5.41) is 3.81. The van der Waals surface area contributed by atoms with E-state index in [1.54, 1.807) is 18.2 Å². The molecule has 2 rings (SSSR count). The minimum atomic E-state index is -0.230. The van der Waals surface area contributed by atoms with Crippen LogP contribution < -0.4 is 10.1 Å². The summed E-state index contributed by atoms with van der Waals surface area (Å²) in [7, 11) is 0. The molecule has 3 nitrogen and oxygen atoms in total. The molecule has 0 saturated carbocycles. The van der Waals surface area contributed by atoms with Crippen molar-refractivity contribution in [2.45, 2.75) is 20.8 Å². The van der Waals surface area contributed by atoms with E-state index in [1.807, 2.05) is 32.9 Å². The summed E-state index contributed by atoms with van der Waals surface area (Å²) >= 11 is 11.8. The summed E-state index contributed by atoms with van der Waals surface area (Å²) < 4.78 is 5.42. The fourth-order valence-corrected chi connectivity index (χ4v) is 2.82. The number of ether oxygens (including phenoxy) is 1. The fraction of sp³-hybridized carbons (Fsp3) is 0.235. The summed E-state index contributed by atoms with van der Waals surface area (Å²) in [5.41, 5.74) is 4.04. The lowest BCUT2D eigenvalue weighted by Gasteiger charge is -2.13. The van der Waals surface area contributed by atoms with Gasteiger partial charge in [0.05, 0.1) is 0 Å². The topological polar surface area (TPSA) is 38.3 Å². The molecule has 0 radical (unpaired) electrons. The average Bonchev–Trinajstić information content (AvgIpc) is 2.39. The van der Waals surface area contributed by atoms with E-state index in [-0.39, 0.29) is 12.5 Å². The molecule has 0 fully saturated rings. The van der Waals surface area contributed by atoms with Crippen LogP contribution in [0.15, 0.2) is 30.3 Å². The van der Waals surface area contributed by atoms with Crippen LogP contribution in [-0.2, 0) is 4.79 Å². The minimum Gasteiger partial charge on any atom is -0.484 e. The molecule has 0 aliphatic heterocycles. The highest BCUT2D eigenvalue weighted by Crippen LogP contribution is 2.25.